The molecule has 1 aromatic carbocycles. The number of alkyl halides is 1. The van der Waals surface area contributed by atoms with Gasteiger partial charge in [-0.3, -0.25) is 9.59 Å². The van der Waals surface area contributed by atoms with Gasteiger partial charge in [-0.15, -0.1) is 11.6 Å². The molecule has 0 radical (unpaired) electrons. The lowest BCUT2D eigenvalue weighted by molar-refractivity contribution is -0.124. The number of hydrogen-bond acceptors (Lipinski definition) is 2. The molecule has 0 saturated carbocycles. The van der Waals surface area contributed by atoms with Crippen LogP contribution in [0.1, 0.15) is 18.9 Å². The minimum atomic E-state index is -0.305. The van der Waals surface area contributed by atoms with Crippen molar-refractivity contribution >= 4 is 29.0 Å². The molecular formula is C11H12ClNO2. The highest BCUT2D eigenvalue weighted by Gasteiger charge is 2.07. The first kappa shape index (κ1) is 11.7. The predicted molar refractivity (Wildman–Crippen MR) is 59.9 cm³/mol. The Morgan fingerprint density at radius 3 is 2.60 bits per heavy atom. The molecule has 1 rings (SSSR count). The maximum Gasteiger partial charge on any atom is 0.231 e. The minimum absolute atomic E-state index is 0.101. The highest BCUT2D eigenvalue weighted by molar-refractivity contribution is 6.17. The summed E-state index contributed by atoms with van der Waals surface area (Å²) in [5.74, 6) is -0.132. The zero-order chi connectivity index (χ0) is 11.3. The van der Waals surface area contributed by atoms with Gasteiger partial charge in [0, 0.05) is 11.6 Å². The van der Waals surface area contributed by atoms with E-state index < -0.39 is 0 Å². The fourth-order valence-corrected chi connectivity index (χ4v) is 1.41. The fourth-order valence-electron chi connectivity index (χ4n) is 1.18. The van der Waals surface area contributed by atoms with Crippen molar-refractivity contribution < 1.29 is 9.59 Å². The van der Waals surface area contributed by atoms with E-state index in [1.807, 2.05) is 12.1 Å². The van der Waals surface area contributed by atoms with E-state index in [4.69, 9.17) is 11.6 Å². The molecule has 0 saturated heterocycles. The lowest BCUT2D eigenvalue weighted by atomic mass is 10.2. The van der Waals surface area contributed by atoms with E-state index >= 15 is 0 Å². The van der Waals surface area contributed by atoms with Crippen LogP contribution in [-0.4, -0.2) is 11.7 Å². The molecule has 15 heavy (non-hydrogen) atoms. The van der Waals surface area contributed by atoms with Crippen molar-refractivity contribution in [1.29, 1.82) is 0 Å². The van der Waals surface area contributed by atoms with Gasteiger partial charge in [-0.05, 0) is 18.6 Å². The molecule has 3 nitrogen and oxygen atoms in total. The van der Waals surface area contributed by atoms with Gasteiger partial charge in [0.1, 0.15) is 5.78 Å². The van der Waals surface area contributed by atoms with Crippen LogP contribution in [-0.2, 0) is 15.5 Å². The Kier molecular flexibility index (Phi) is 4.31. The number of anilines is 1. The third kappa shape index (κ3) is 3.72. The van der Waals surface area contributed by atoms with Crippen molar-refractivity contribution in [3.8, 4) is 0 Å². The Balaban J connectivity index is 2.71. The molecule has 0 aliphatic carbocycles. The van der Waals surface area contributed by atoms with Crippen LogP contribution in [0.2, 0.25) is 0 Å². The van der Waals surface area contributed by atoms with Crippen molar-refractivity contribution in [1.82, 2.24) is 0 Å². The van der Waals surface area contributed by atoms with E-state index in [0.717, 1.165) is 5.56 Å². The molecule has 1 amide bonds. The number of nitrogens with one attached hydrogen (secondary N) is 1. The second-order valence-corrected chi connectivity index (χ2v) is 3.49. The Hall–Kier alpha value is -1.35. The zero-order valence-corrected chi connectivity index (χ0v) is 9.17. The van der Waals surface area contributed by atoms with E-state index in [1.54, 1.807) is 12.1 Å². The van der Waals surface area contributed by atoms with Crippen molar-refractivity contribution in [3.05, 3.63) is 29.8 Å². The molecular weight excluding hydrogens is 214 g/mol. The smallest absolute Gasteiger partial charge is 0.231 e. The molecule has 4 heteroatoms. The number of amides is 1. The van der Waals surface area contributed by atoms with Crippen LogP contribution in [0.5, 0.6) is 0 Å². The second-order valence-electron chi connectivity index (χ2n) is 3.22. The molecule has 0 aliphatic heterocycles. The van der Waals surface area contributed by atoms with Gasteiger partial charge in [0.2, 0.25) is 5.91 Å². The van der Waals surface area contributed by atoms with Gasteiger partial charge in [-0.25, -0.2) is 0 Å². The van der Waals surface area contributed by atoms with Crippen molar-refractivity contribution in [3.63, 3.8) is 0 Å². The summed E-state index contributed by atoms with van der Waals surface area (Å²) in [4.78, 5) is 22.0. The van der Waals surface area contributed by atoms with E-state index in [1.165, 1.54) is 6.92 Å². The van der Waals surface area contributed by atoms with Gasteiger partial charge in [0.05, 0.1) is 6.42 Å². The maximum absolute atomic E-state index is 11.3. The first-order chi connectivity index (χ1) is 7.13. The van der Waals surface area contributed by atoms with Crippen LogP contribution >= 0.6 is 11.6 Å². The summed E-state index contributed by atoms with van der Waals surface area (Å²) >= 11 is 5.70. The van der Waals surface area contributed by atoms with Crippen LogP contribution in [0, 0.1) is 0 Å². The average molecular weight is 226 g/mol. The van der Waals surface area contributed by atoms with Crippen LogP contribution in [0.3, 0.4) is 0 Å². The zero-order valence-electron chi connectivity index (χ0n) is 8.42. The number of halogens is 1. The first-order valence-corrected chi connectivity index (χ1v) is 5.10. The summed E-state index contributed by atoms with van der Waals surface area (Å²) in [5.41, 5.74) is 1.51. The second kappa shape index (κ2) is 5.51. The van der Waals surface area contributed by atoms with Gasteiger partial charge in [-0.2, -0.15) is 0 Å². The largest absolute Gasteiger partial charge is 0.325 e. The molecule has 0 spiro atoms. The normalized spacial score (nSPS) is 9.73. The minimum Gasteiger partial charge on any atom is -0.325 e. The number of carbonyl (C=O) groups is 2. The highest BCUT2D eigenvalue weighted by atomic mass is 35.5. The molecule has 1 aromatic rings. The Labute approximate surface area is 93.4 Å². The highest BCUT2D eigenvalue weighted by Crippen LogP contribution is 2.17. The summed E-state index contributed by atoms with van der Waals surface area (Å²) in [7, 11) is 0. The Morgan fingerprint density at radius 2 is 2.00 bits per heavy atom. The summed E-state index contributed by atoms with van der Waals surface area (Å²) in [6.07, 6.45) is -0.101. The topological polar surface area (TPSA) is 46.2 Å². The summed E-state index contributed by atoms with van der Waals surface area (Å²) in [5, 5.41) is 2.65. The SMILES string of the molecule is CC(=O)CC(=O)Nc1ccccc1CCl. The third-order valence-corrected chi connectivity index (χ3v) is 2.13. The van der Waals surface area contributed by atoms with E-state index in [2.05, 4.69) is 5.32 Å². The standard InChI is InChI=1S/C11H12ClNO2/c1-8(14)6-11(15)13-10-5-3-2-4-9(10)7-12/h2-5H,6-7H2,1H3,(H,13,15). The first-order valence-electron chi connectivity index (χ1n) is 4.56. The van der Waals surface area contributed by atoms with Crippen molar-refractivity contribution in [2.75, 3.05) is 5.32 Å². The summed E-state index contributed by atoms with van der Waals surface area (Å²) in [6.45, 7) is 1.38. The number of para-hydroxylation sites is 1. The molecule has 0 aromatic heterocycles. The fraction of sp³-hybridized carbons (Fsp3) is 0.273. The van der Waals surface area contributed by atoms with Crippen LogP contribution in [0.25, 0.3) is 0 Å². The number of benzene rings is 1. The monoisotopic (exact) mass is 225 g/mol. The number of carbonyl (C=O) groups excluding carboxylic acids is 2. The van der Waals surface area contributed by atoms with E-state index in [-0.39, 0.29) is 18.1 Å². The predicted octanol–water partition coefficient (Wildman–Crippen LogP) is 2.34. The quantitative estimate of drug-likeness (QED) is 0.632. The van der Waals surface area contributed by atoms with Crippen molar-refractivity contribution in [2.45, 2.75) is 19.2 Å². The lowest BCUT2D eigenvalue weighted by Crippen LogP contribution is -2.15. The Morgan fingerprint density at radius 1 is 1.33 bits per heavy atom. The van der Waals surface area contributed by atoms with Gasteiger partial charge in [0.25, 0.3) is 0 Å². The van der Waals surface area contributed by atoms with Gasteiger partial charge >= 0.3 is 0 Å². The number of ketones is 1. The van der Waals surface area contributed by atoms with E-state index in [9.17, 15) is 9.59 Å². The third-order valence-electron chi connectivity index (χ3n) is 1.84. The molecule has 80 valence electrons. The van der Waals surface area contributed by atoms with Gasteiger partial charge < -0.3 is 5.32 Å². The summed E-state index contributed by atoms with van der Waals surface area (Å²) in [6, 6.07) is 7.24. The number of rotatable bonds is 4. The van der Waals surface area contributed by atoms with Gasteiger partial charge in [-0.1, -0.05) is 18.2 Å². The van der Waals surface area contributed by atoms with Gasteiger partial charge in [0.15, 0.2) is 0 Å². The molecule has 0 fully saturated rings. The maximum atomic E-state index is 11.3. The molecule has 0 heterocycles. The number of Topliss-reactive ketones (excluding diaryl/α,β-unsaturated/α-hetero) is 1. The lowest BCUT2D eigenvalue weighted by Gasteiger charge is -2.07. The van der Waals surface area contributed by atoms with Crippen LogP contribution < -0.4 is 5.32 Å². The van der Waals surface area contributed by atoms with Crippen LogP contribution in [0.15, 0.2) is 24.3 Å². The average Bonchev–Trinajstić information content (AvgIpc) is 2.17. The number of hydrogen-bond donors (Lipinski definition) is 1. The van der Waals surface area contributed by atoms with Crippen LogP contribution in [0.4, 0.5) is 5.69 Å². The molecule has 0 unspecified atom stereocenters. The summed E-state index contributed by atoms with van der Waals surface area (Å²) < 4.78 is 0. The molecule has 0 aliphatic rings. The van der Waals surface area contributed by atoms with E-state index in [0.29, 0.717) is 11.6 Å². The Bertz CT molecular complexity index is 377. The van der Waals surface area contributed by atoms with Crippen molar-refractivity contribution in [2.24, 2.45) is 0 Å². The molecule has 0 atom stereocenters. The molecule has 1 N–H and O–H groups in total. The molecule has 0 bridgehead atoms.